The van der Waals surface area contributed by atoms with Crippen LogP contribution in [0.1, 0.15) is 26.2 Å². The number of alkyl halides is 1. The van der Waals surface area contributed by atoms with Gasteiger partial charge in [0, 0.05) is 11.5 Å². The summed E-state index contributed by atoms with van der Waals surface area (Å²) in [6, 6.07) is 0. The summed E-state index contributed by atoms with van der Waals surface area (Å²) in [6.07, 6.45) is 4.51. The van der Waals surface area contributed by atoms with Crippen LogP contribution < -0.4 is 0 Å². The third-order valence-electron chi connectivity index (χ3n) is 2.78. The number of carboxylic acid groups (broad SMARTS) is 2. The summed E-state index contributed by atoms with van der Waals surface area (Å²) in [5.74, 6) is -1.60. The maximum absolute atomic E-state index is 11.2. The highest BCUT2D eigenvalue weighted by Gasteiger charge is 2.36. The molecule has 0 aliphatic heterocycles. The molecule has 0 heterocycles. The van der Waals surface area contributed by atoms with Crippen LogP contribution >= 0.6 is 11.6 Å². The lowest BCUT2D eigenvalue weighted by Crippen LogP contribution is -2.29. The summed E-state index contributed by atoms with van der Waals surface area (Å²) in [4.78, 5) is 22.1. The predicted octanol–water partition coefficient (Wildman–Crippen LogP) is 2.44. The SMILES string of the molecule is CC1(C(=O)O)C=C(CCCCl)C=C(C(=O)O)C1. The molecule has 0 fully saturated rings. The standard InChI is InChI=1S/C12H15ClO4/c1-12(11(16)17)6-8(3-2-4-13)5-9(7-12)10(14)15/h5-6H,2-4,7H2,1H3,(H,14,15)(H,16,17). The number of halogens is 1. The summed E-state index contributed by atoms with van der Waals surface area (Å²) in [5, 5.41) is 18.1. The molecule has 2 N–H and O–H groups in total. The Balaban J connectivity index is 3.02. The van der Waals surface area contributed by atoms with Crippen LogP contribution in [-0.4, -0.2) is 28.0 Å². The van der Waals surface area contributed by atoms with Gasteiger partial charge in [0.2, 0.25) is 0 Å². The van der Waals surface area contributed by atoms with Crippen molar-refractivity contribution < 1.29 is 19.8 Å². The molecule has 5 heteroatoms. The van der Waals surface area contributed by atoms with Gasteiger partial charge < -0.3 is 10.2 Å². The minimum atomic E-state index is -1.13. The van der Waals surface area contributed by atoms with Crippen molar-refractivity contribution in [2.24, 2.45) is 5.41 Å². The van der Waals surface area contributed by atoms with E-state index in [1.807, 2.05) is 0 Å². The first kappa shape index (κ1) is 13.8. The van der Waals surface area contributed by atoms with Crippen LogP contribution in [0.2, 0.25) is 0 Å². The monoisotopic (exact) mass is 258 g/mol. The molecule has 17 heavy (non-hydrogen) atoms. The van der Waals surface area contributed by atoms with Crippen LogP contribution in [-0.2, 0) is 9.59 Å². The molecule has 0 spiro atoms. The third-order valence-corrected chi connectivity index (χ3v) is 3.05. The lowest BCUT2D eigenvalue weighted by molar-refractivity contribution is -0.145. The Hall–Kier alpha value is -1.29. The molecule has 0 aromatic heterocycles. The number of aliphatic carboxylic acids is 2. The van der Waals surface area contributed by atoms with E-state index in [1.165, 1.54) is 6.92 Å². The van der Waals surface area contributed by atoms with Crippen molar-refractivity contribution in [1.29, 1.82) is 0 Å². The van der Waals surface area contributed by atoms with Gasteiger partial charge in [-0.3, -0.25) is 4.79 Å². The summed E-state index contributed by atoms with van der Waals surface area (Å²) in [5.41, 5.74) is -0.259. The van der Waals surface area contributed by atoms with E-state index in [4.69, 9.17) is 21.8 Å². The molecule has 0 saturated heterocycles. The normalized spacial score (nSPS) is 23.9. The molecule has 1 atom stereocenters. The molecule has 0 aromatic rings. The average molecular weight is 259 g/mol. The van der Waals surface area contributed by atoms with Crippen LogP contribution in [0.3, 0.4) is 0 Å². The Labute approximate surface area is 105 Å². The summed E-state index contributed by atoms with van der Waals surface area (Å²) < 4.78 is 0. The van der Waals surface area contributed by atoms with E-state index < -0.39 is 17.4 Å². The number of allylic oxidation sites excluding steroid dienone is 2. The first-order valence-corrected chi connectivity index (χ1v) is 5.87. The predicted molar refractivity (Wildman–Crippen MR) is 64.1 cm³/mol. The van der Waals surface area contributed by atoms with Crippen molar-refractivity contribution in [3.05, 3.63) is 23.3 Å². The van der Waals surface area contributed by atoms with E-state index in [2.05, 4.69) is 0 Å². The Kier molecular flexibility index (Phi) is 4.34. The van der Waals surface area contributed by atoms with Crippen LogP contribution in [0.25, 0.3) is 0 Å². The second-order valence-electron chi connectivity index (χ2n) is 4.39. The van der Waals surface area contributed by atoms with Gasteiger partial charge in [-0.15, -0.1) is 11.6 Å². The molecule has 94 valence electrons. The quantitative estimate of drug-likeness (QED) is 0.743. The fourth-order valence-electron chi connectivity index (χ4n) is 1.86. The second-order valence-corrected chi connectivity index (χ2v) is 4.76. The second kappa shape index (κ2) is 5.36. The van der Waals surface area contributed by atoms with E-state index in [1.54, 1.807) is 12.2 Å². The van der Waals surface area contributed by atoms with Crippen molar-refractivity contribution in [2.75, 3.05) is 5.88 Å². The van der Waals surface area contributed by atoms with Gasteiger partial charge in [-0.2, -0.15) is 0 Å². The third kappa shape index (κ3) is 3.33. The van der Waals surface area contributed by atoms with Crippen LogP contribution in [0, 0.1) is 5.41 Å². The highest BCUT2D eigenvalue weighted by Crippen LogP contribution is 2.35. The van der Waals surface area contributed by atoms with E-state index in [0.717, 1.165) is 5.57 Å². The molecule has 1 unspecified atom stereocenters. The zero-order valence-electron chi connectivity index (χ0n) is 9.57. The van der Waals surface area contributed by atoms with Gasteiger partial charge in [0.25, 0.3) is 0 Å². The number of rotatable bonds is 5. The molecule has 0 bridgehead atoms. The van der Waals surface area contributed by atoms with Gasteiger partial charge in [-0.05, 0) is 32.3 Å². The summed E-state index contributed by atoms with van der Waals surface area (Å²) in [6.45, 7) is 1.53. The van der Waals surface area contributed by atoms with Gasteiger partial charge in [0.1, 0.15) is 0 Å². The highest BCUT2D eigenvalue weighted by atomic mass is 35.5. The summed E-state index contributed by atoms with van der Waals surface area (Å²) in [7, 11) is 0. The molecule has 0 saturated carbocycles. The number of hydrogen-bond acceptors (Lipinski definition) is 2. The highest BCUT2D eigenvalue weighted by molar-refractivity contribution is 6.17. The molecule has 4 nitrogen and oxygen atoms in total. The topological polar surface area (TPSA) is 74.6 Å². The minimum absolute atomic E-state index is 0.0159. The van der Waals surface area contributed by atoms with Gasteiger partial charge in [-0.25, -0.2) is 4.79 Å². The number of hydrogen-bond donors (Lipinski definition) is 2. The molecule has 1 aliphatic rings. The fourth-order valence-corrected chi connectivity index (χ4v) is 2.00. The van der Waals surface area contributed by atoms with Crippen molar-refractivity contribution in [2.45, 2.75) is 26.2 Å². The molecular weight excluding hydrogens is 244 g/mol. The number of carbonyl (C=O) groups is 2. The van der Waals surface area contributed by atoms with E-state index in [0.29, 0.717) is 18.7 Å². The summed E-state index contributed by atoms with van der Waals surface area (Å²) >= 11 is 5.57. The molecule has 1 rings (SSSR count). The molecule has 0 aromatic carbocycles. The van der Waals surface area contributed by atoms with Crippen molar-refractivity contribution in [1.82, 2.24) is 0 Å². The minimum Gasteiger partial charge on any atom is -0.481 e. The van der Waals surface area contributed by atoms with Crippen molar-refractivity contribution in [3.63, 3.8) is 0 Å². The van der Waals surface area contributed by atoms with Gasteiger partial charge in [-0.1, -0.05) is 11.6 Å². The van der Waals surface area contributed by atoms with E-state index in [9.17, 15) is 9.59 Å². The van der Waals surface area contributed by atoms with Gasteiger partial charge in [0.05, 0.1) is 5.41 Å². The zero-order valence-corrected chi connectivity index (χ0v) is 10.3. The van der Waals surface area contributed by atoms with Crippen LogP contribution in [0.5, 0.6) is 0 Å². The molecule has 1 aliphatic carbocycles. The average Bonchev–Trinajstić information content (AvgIpc) is 2.25. The van der Waals surface area contributed by atoms with Crippen LogP contribution in [0.15, 0.2) is 23.3 Å². The Morgan fingerprint density at radius 1 is 1.47 bits per heavy atom. The number of carboxylic acids is 2. The van der Waals surface area contributed by atoms with Crippen LogP contribution in [0.4, 0.5) is 0 Å². The maximum Gasteiger partial charge on any atom is 0.331 e. The maximum atomic E-state index is 11.2. The smallest absolute Gasteiger partial charge is 0.331 e. The molecule has 0 radical (unpaired) electrons. The van der Waals surface area contributed by atoms with E-state index in [-0.39, 0.29) is 12.0 Å². The zero-order chi connectivity index (χ0) is 13.1. The lowest BCUT2D eigenvalue weighted by Gasteiger charge is -2.26. The first-order chi connectivity index (χ1) is 7.89. The first-order valence-electron chi connectivity index (χ1n) is 5.34. The van der Waals surface area contributed by atoms with Gasteiger partial charge >= 0.3 is 11.9 Å². The Morgan fingerprint density at radius 3 is 2.59 bits per heavy atom. The fraction of sp³-hybridized carbons (Fsp3) is 0.500. The van der Waals surface area contributed by atoms with Crippen molar-refractivity contribution >= 4 is 23.5 Å². The van der Waals surface area contributed by atoms with Gasteiger partial charge in [0.15, 0.2) is 0 Å². The van der Waals surface area contributed by atoms with Crippen molar-refractivity contribution in [3.8, 4) is 0 Å². The lowest BCUT2D eigenvalue weighted by atomic mass is 9.77. The largest absolute Gasteiger partial charge is 0.481 e. The Morgan fingerprint density at radius 2 is 2.12 bits per heavy atom. The van der Waals surface area contributed by atoms with E-state index >= 15 is 0 Å². The Bertz CT molecular complexity index is 397. The molecular formula is C12H15ClO4. The molecule has 0 amide bonds.